The van der Waals surface area contributed by atoms with E-state index in [9.17, 15) is 0 Å². The van der Waals surface area contributed by atoms with E-state index in [1.807, 2.05) is 19.1 Å². The molecule has 5 heteroatoms. The lowest BCUT2D eigenvalue weighted by atomic mass is 10.3. The molecule has 0 radical (unpaired) electrons. The number of hydrogen-bond acceptors (Lipinski definition) is 3. The first kappa shape index (κ1) is 9.98. The molecule has 0 fully saturated rings. The Labute approximate surface area is 92.7 Å². The minimum absolute atomic E-state index is 0.506. The third-order valence-corrected chi connectivity index (χ3v) is 2.64. The monoisotopic (exact) mass is 222 g/mol. The molecule has 0 aliphatic rings. The van der Waals surface area contributed by atoms with Gasteiger partial charge in [-0.2, -0.15) is 5.10 Å². The van der Waals surface area contributed by atoms with Crippen molar-refractivity contribution >= 4 is 17.4 Å². The molecule has 0 aliphatic carbocycles. The van der Waals surface area contributed by atoms with E-state index in [2.05, 4.69) is 10.1 Å². The van der Waals surface area contributed by atoms with Crippen molar-refractivity contribution in [1.82, 2.24) is 14.8 Å². The van der Waals surface area contributed by atoms with E-state index in [1.165, 1.54) is 0 Å². The van der Waals surface area contributed by atoms with Gasteiger partial charge < -0.3 is 5.73 Å². The Hall–Kier alpha value is -1.55. The van der Waals surface area contributed by atoms with Crippen LogP contribution in [0, 0.1) is 6.92 Å². The molecular formula is C10H11ClN4. The van der Waals surface area contributed by atoms with Crippen LogP contribution in [0.15, 0.2) is 24.5 Å². The molecule has 4 nitrogen and oxygen atoms in total. The molecule has 2 N–H and O–H groups in total. The van der Waals surface area contributed by atoms with Gasteiger partial charge in [0.1, 0.15) is 10.8 Å². The molecule has 0 aromatic carbocycles. The van der Waals surface area contributed by atoms with Gasteiger partial charge in [-0.1, -0.05) is 11.6 Å². The van der Waals surface area contributed by atoms with E-state index in [0.29, 0.717) is 17.4 Å². The second-order valence-corrected chi connectivity index (χ2v) is 3.68. The van der Waals surface area contributed by atoms with Crippen LogP contribution in [0.5, 0.6) is 0 Å². The summed E-state index contributed by atoms with van der Waals surface area (Å²) in [6.45, 7) is 2.45. The van der Waals surface area contributed by atoms with Crippen molar-refractivity contribution < 1.29 is 0 Å². The van der Waals surface area contributed by atoms with Crippen molar-refractivity contribution in [2.75, 3.05) is 5.73 Å². The van der Waals surface area contributed by atoms with Crippen molar-refractivity contribution in [1.29, 1.82) is 0 Å². The summed E-state index contributed by atoms with van der Waals surface area (Å²) in [4.78, 5) is 3.95. The number of pyridine rings is 1. The van der Waals surface area contributed by atoms with Crippen molar-refractivity contribution in [2.45, 2.75) is 13.5 Å². The summed E-state index contributed by atoms with van der Waals surface area (Å²) in [5.74, 6) is 0.506. The predicted octanol–water partition coefficient (Wildman–Crippen LogP) is 1.87. The SMILES string of the molecule is Cc1nn(Cc2ccncc2)c(N)c1Cl. The number of nitrogens with zero attached hydrogens (tertiary/aromatic N) is 3. The van der Waals surface area contributed by atoms with Crippen LogP contribution in [0.1, 0.15) is 11.3 Å². The number of anilines is 1. The normalized spacial score (nSPS) is 10.5. The number of nitrogen functional groups attached to an aromatic ring is 1. The number of aryl methyl sites for hydroxylation is 1. The van der Waals surface area contributed by atoms with E-state index in [4.69, 9.17) is 17.3 Å². The lowest BCUT2D eigenvalue weighted by Crippen LogP contribution is -2.05. The molecule has 0 bridgehead atoms. The predicted molar refractivity (Wildman–Crippen MR) is 59.7 cm³/mol. The van der Waals surface area contributed by atoms with Crippen molar-refractivity contribution in [2.24, 2.45) is 0 Å². The molecule has 2 aromatic heterocycles. The molecule has 0 amide bonds. The maximum atomic E-state index is 5.94. The van der Waals surface area contributed by atoms with Gasteiger partial charge in [0.05, 0.1) is 12.2 Å². The summed E-state index contributed by atoms with van der Waals surface area (Å²) < 4.78 is 1.69. The van der Waals surface area contributed by atoms with Crippen LogP contribution in [0.25, 0.3) is 0 Å². The van der Waals surface area contributed by atoms with Crippen LogP contribution in [-0.4, -0.2) is 14.8 Å². The molecule has 0 saturated carbocycles. The summed E-state index contributed by atoms with van der Waals surface area (Å²) in [7, 11) is 0. The maximum absolute atomic E-state index is 5.94. The minimum atomic E-state index is 0.506. The maximum Gasteiger partial charge on any atom is 0.141 e. The van der Waals surface area contributed by atoms with Gasteiger partial charge >= 0.3 is 0 Å². The van der Waals surface area contributed by atoms with Crippen LogP contribution in [0.3, 0.4) is 0 Å². The zero-order valence-electron chi connectivity index (χ0n) is 8.31. The molecule has 0 spiro atoms. The smallest absolute Gasteiger partial charge is 0.141 e. The van der Waals surface area contributed by atoms with Crippen molar-refractivity contribution in [3.63, 3.8) is 0 Å². The highest BCUT2D eigenvalue weighted by molar-refractivity contribution is 6.33. The second-order valence-electron chi connectivity index (χ2n) is 3.30. The molecule has 0 atom stereocenters. The third-order valence-electron chi connectivity index (χ3n) is 2.17. The van der Waals surface area contributed by atoms with Gasteiger partial charge in [-0.05, 0) is 24.6 Å². The largest absolute Gasteiger partial charge is 0.383 e. The van der Waals surface area contributed by atoms with Gasteiger partial charge in [0, 0.05) is 12.4 Å². The topological polar surface area (TPSA) is 56.7 Å². The summed E-state index contributed by atoms with van der Waals surface area (Å²) in [6, 6.07) is 3.84. The Morgan fingerprint density at radius 1 is 1.40 bits per heavy atom. The van der Waals surface area contributed by atoms with Gasteiger partial charge in [0.15, 0.2) is 0 Å². The fraction of sp³-hybridized carbons (Fsp3) is 0.200. The molecule has 0 aliphatic heterocycles. The van der Waals surface area contributed by atoms with Crippen LogP contribution >= 0.6 is 11.6 Å². The number of rotatable bonds is 2. The summed E-state index contributed by atoms with van der Waals surface area (Å²) >= 11 is 5.94. The first-order valence-corrected chi connectivity index (χ1v) is 4.93. The Kier molecular flexibility index (Phi) is 2.60. The lowest BCUT2D eigenvalue weighted by Gasteiger charge is -2.03. The first-order chi connectivity index (χ1) is 7.18. The fourth-order valence-corrected chi connectivity index (χ4v) is 1.49. The lowest BCUT2D eigenvalue weighted by molar-refractivity contribution is 0.688. The fourth-order valence-electron chi connectivity index (χ4n) is 1.36. The highest BCUT2D eigenvalue weighted by Gasteiger charge is 2.09. The van der Waals surface area contributed by atoms with E-state index in [1.54, 1.807) is 17.1 Å². The Bertz CT molecular complexity index is 464. The van der Waals surface area contributed by atoms with E-state index in [0.717, 1.165) is 11.3 Å². The van der Waals surface area contributed by atoms with E-state index < -0.39 is 0 Å². The molecule has 78 valence electrons. The van der Waals surface area contributed by atoms with Gasteiger partial charge in [-0.25, -0.2) is 4.68 Å². The summed E-state index contributed by atoms with van der Waals surface area (Å²) in [5, 5.41) is 4.78. The van der Waals surface area contributed by atoms with Crippen LogP contribution in [-0.2, 0) is 6.54 Å². The first-order valence-electron chi connectivity index (χ1n) is 4.56. The molecule has 0 unspecified atom stereocenters. The number of aromatic nitrogens is 3. The van der Waals surface area contributed by atoms with Crippen LogP contribution < -0.4 is 5.73 Å². The Morgan fingerprint density at radius 2 is 2.07 bits per heavy atom. The zero-order chi connectivity index (χ0) is 10.8. The number of nitrogens with two attached hydrogens (primary N) is 1. The molecule has 2 rings (SSSR count). The van der Waals surface area contributed by atoms with Gasteiger partial charge in [-0.15, -0.1) is 0 Å². The highest BCUT2D eigenvalue weighted by atomic mass is 35.5. The van der Waals surface area contributed by atoms with E-state index in [-0.39, 0.29) is 0 Å². The molecular weight excluding hydrogens is 212 g/mol. The Balaban J connectivity index is 2.29. The second kappa shape index (κ2) is 3.90. The average Bonchev–Trinajstić information content (AvgIpc) is 2.48. The van der Waals surface area contributed by atoms with Crippen LogP contribution in [0.4, 0.5) is 5.82 Å². The van der Waals surface area contributed by atoms with Gasteiger partial charge in [0.25, 0.3) is 0 Å². The van der Waals surface area contributed by atoms with Gasteiger partial charge in [0.2, 0.25) is 0 Å². The minimum Gasteiger partial charge on any atom is -0.383 e. The average molecular weight is 223 g/mol. The quantitative estimate of drug-likeness (QED) is 0.844. The molecule has 2 aromatic rings. The molecule has 2 heterocycles. The molecule has 15 heavy (non-hydrogen) atoms. The van der Waals surface area contributed by atoms with Crippen molar-refractivity contribution in [3.8, 4) is 0 Å². The standard InChI is InChI=1S/C10H11ClN4/c1-7-9(11)10(12)15(14-7)6-8-2-4-13-5-3-8/h2-5H,6,12H2,1H3. The van der Waals surface area contributed by atoms with Gasteiger partial charge in [-0.3, -0.25) is 4.98 Å². The number of halogens is 1. The Morgan fingerprint density at radius 3 is 2.60 bits per heavy atom. The highest BCUT2D eigenvalue weighted by Crippen LogP contribution is 2.22. The zero-order valence-corrected chi connectivity index (χ0v) is 9.07. The molecule has 0 saturated heterocycles. The summed E-state index contributed by atoms with van der Waals surface area (Å²) in [5.41, 5.74) is 7.65. The van der Waals surface area contributed by atoms with E-state index >= 15 is 0 Å². The van der Waals surface area contributed by atoms with Crippen LogP contribution in [0.2, 0.25) is 5.02 Å². The van der Waals surface area contributed by atoms with Crippen molar-refractivity contribution in [3.05, 3.63) is 40.8 Å². The summed E-state index contributed by atoms with van der Waals surface area (Å²) in [6.07, 6.45) is 3.48. The number of hydrogen-bond donors (Lipinski definition) is 1. The third kappa shape index (κ3) is 1.94.